The number of nitrogens with one attached hydrogen (secondary N) is 1. The van der Waals surface area contributed by atoms with Crippen molar-refractivity contribution in [3.63, 3.8) is 0 Å². The fourth-order valence-electron chi connectivity index (χ4n) is 2.17. The van der Waals surface area contributed by atoms with Gasteiger partial charge < -0.3 is 20.7 Å². The third-order valence-electron chi connectivity index (χ3n) is 3.42. The van der Waals surface area contributed by atoms with Gasteiger partial charge in [-0.2, -0.15) is 5.10 Å². The Morgan fingerprint density at radius 3 is 2.67 bits per heavy atom. The number of ether oxygens (including phenoxy) is 1. The average Bonchev–Trinajstić information content (AvgIpc) is 2.93. The zero-order chi connectivity index (χ0) is 15.4. The van der Waals surface area contributed by atoms with Crippen LogP contribution in [0, 0.1) is 0 Å². The smallest absolute Gasteiger partial charge is 0.245 e. The summed E-state index contributed by atoms with van der Waals surface area (Å²) in [5.74, 6) is -0.512. The van der Waals surface area contributed by atoms with E-state index in [-0.39, 0.29) is 5.91 Å². The second kappa shape index (κ2) is 6.68. The van der Waals surface area contributed by atoms with Gasteiger partial charge in [0.05, 0.1) is 19.4 Å². The number of nitrogens with zero attached hydrogens (tertiary/aromatic N) is 3. The number of hydrogen-bond donors (Lipinski definition) is 2. The second-order valence-electron chi connectivity index (χ2n) is 5.09. The van der Waals surface area contributed by atoms with Crippen LogP contribution in [0.2, 0.25) is 0 Å². The molecule has 0 saturated carbocycles. The second-order valence-corrected chi connectivity index (χ2v) is 5.09. The first-order valence-corrected chi connectivity index (χ1v) is 6.90. The van der Waals surface area contributed by atoms with Crippen molar-refractivity contribution in [1.82, 2.24) is 20.0 Å². The van der Waals surface area contributed by atoms with Crippen molar-refractivity contribution in [3.05, 3.63) is 18.0 Å². The number of rotatable bonds is 4. The van der Waals surface area contributed by atoms with Crippen molar-refractivity contribution >= 4 is 11.8 Å². The molecule has 2 amide bonds. The number of amides is 2. The maximum absolute atomic E-state index is 12.2. The van der Waals surface area contributed by atoms with Gasteiger partial charge >= 0.3 is 0 Å². The Kier molecular flexibility index (Phi) is 4.92. The number of aromatic nitrogens is 2. The maximum Gasteiger partial charge on any atom is 0.245 e. The Balaban J connectivity index is 1.90. The van der Waals surface area contributed by atoms with Crippen LogP contribution >= 0.6 is 0 Å². The lowest BCUT2D eigenvalue weighted by Gasteiger charge is -2.29. The van der Waals surface area contributed by atoms with Gasteiger partial charge in [0.15, 0.2) is 0 Å². The molecule has 2 atom stereocenters. The molecule has 0 bridgehead atoms. The minimum Gasteiger partial charge on any atom is -0.378 e. The number of aryl methyl sites for hydroxylation is 1. The molecule has 0 radical (unpaired) electrons. The molecule has 8 heteroatoms. The number of hydrogen-bond acceptors (Lipinski definition) is 5. The van der Waals surface area contributed by atoms with Crippen LogP contribution in [-0.4, -0.2) is 58.8 Å². The number of carbonyl (C=O) groups is 2. The molecule has 21 heavy (non-hydrogen) atoms. The molecule has 1 aromatic rings. The largest absolute Gasteiger partial charge is 0.378 e. The van der Waals surface area contributed by atoms with Gasteiger partial charge in [-0.15, -0.1) is 0 Å². The van der Waals surface area contributed by atoms with Crippen LogP contribution < -0.4 is 11.1 Å². The summed E-state index contributed by atoms with van der Waals surface area (Å²) in [6.45, 7) is 3.82. The molecule has 1 saturated heterocycles. The van der Waals surface area contributed by atoms with Crippen molar-refractivity contribution in [3.8, 4) is 0 Å². The first kappa shape index (κ1) is 15.5. The molecule has 1 fully saturated rings. The molecule has 2 heterocycles. The summed E-state index contributed by atoms with van der Waals surface area (Å²) >= 11 is 0. The average molecular weight is 295 g/mol. The normalized spacial score (nSPS) is 18.1. The van der Waals surface area contributed by atoms with Crippen molar-refractivity contribution in [2.24, 2.45) is 12.8 Å². The summed E-state index contributed by atoms with van der Waals surface area (Å²) in [6.07, 6.45) is 3.22. The van der Waals surface area contributed by atoms with E-state index in [0.29, 0.717) is 31.9 Å². The van der Waals surface area contributed by atoms with Gasteiger partial charge in [-0.3, -0.25) is 14.3 Å². The van der Waals surface area contributed by atoms with E-state index in [2.05, 4.69) is 10.4 Å². The molecular formula is C13H21N5O3. The van der Waals surface area contributed by atoms with Gasteiger partial charge in [0.25, 0.3) is 0 Å². The summed E-state index contributed by atoms with van der Waals surface area (Å²) < 4.78 is 6.77. The molecule has 1 aliphatic heterocycles. The summed E-state index contributed by atoms with van der Waals surface area (Å²) in [5.41, 5.74) is 6.48. The molecular weight excluding hydrogens is 274 g/mol. The molecule has 2 unspecified atom stereocenters. The number of carbonyl (C=O) groups excluding carboxylic acids is 2. The van der Waals surface area contributed by atoms with E-state index in [9.17, 15) is 9.59 Å². The van der Waals surface area contributed by atoms with Crippen molar-refractivity contribution < 1.29 is 14.3 Å². The van der Waals surface area contributed by atoms with Crippen LogP contribution in [0.5, 0.6) is 0 Å². The monoisotopic (exact) mass is 295 g/mol. The maximum atomic E-state index is 12.2. The topological polar surface area (TPSA) is 102 Å². The highest BCUT2D eigenvalue weighted by Crippen LogP contribution is 2.09. The van der Waals surface area contributed by atoms with Crippen molar-refractivity contribution in [2.75, 3.05) is 26.3 Å². The van der Waals surface area contributed by atoms with Gasteiger partial charge in [0.2, 0.25) is 11.8 Å². The van der Waals surface area contributed by atoms with Crippen LogP contribution in [0.1, 0.15) is 18.5 Å². The fourth-order valence-corrected chi connectivity index (χ4v) is 2.17. The standard InChI is InChI=1S/C13H21N5O3/c1-9(13(20)18-3-5-21-6-4-18)16-12(19)11(14)10-7-15-17(2)8-10/h7-9,11H,3-6,14H2,1-2H3,(H,16,19). The lowest BCUT2D eigenvalue weighted by Crippen LogP contribution is -2.51. The van der Waals surface area contributed by atoms with Crippen LogP contribution in [0.4, 0.5) is 0 Å². The van der Waals surface area contributed by atoms with Gasteiger partial charge in [0, 0.05) is 31.9 Å². The Morgan fingerprint density at radius 1 is 1.43 bits per heavy atom. The van der Waals surface area contributed by atoms with E-state index in [1.807, 2.05) is 0 Å². The fraction of sp³-hybridized carbons (Fsp3) is 0.615. The zero-order valence-corrected chi connectivity index (χ0v) is 12.3. The van der Waals surface area contributed by atoms with Gasteiger partial charge in [-0.05, 0) is 6.92 Å². The van der Waals surface area contributed by atoms with Crippen LogP contribution in [0.25, 0.3) is 0 Å². The van der Waals surface area contributed by atoms with Crippen LogP contribution in [-0.2, 0) is 21.4 Å². The predicted octanol–water partition coefficient (Wildman–Crippen LogP) is -1.22. The molecule has 0 aromatic carbocycles. The highest BCUT2D eigenvalue weighted by molar-refractivity contribution is 5.90. The third-order valence-corrected chi connectivity index (χ3v) is 3.42. The molecule has 1 aliphatic rings. The molecule has 0 aliphatic carbocycles. The first-order chi connectivity index (χ1) is 9.99. The molecule has 2 rings (SSSR count). The van der Waals surface area contributed by atoms with Crippen molar-refractivity contribution in [2.45, 2.75) is 19.0 Å². The Hall–Kier alpha value is -1.93. The molecule has 3 N–H and O–H groups in total. The molecule has 0 spiro atoms. The van der Waals surface area contributed by atoms with E-state index in [1.165, 1.54) is 0 Å². The Morgan fingerprint density at radius 2 is 2.10 bits per heavy atom. The summed E-state index contributed by atoms with van der Waals surface area (Å²) in [4.78, 5) is 26.0. The highest BCUT2D eigenvalue weighted by Gasteiger charge is 2.26. The summed E-state index contributed by atoms with van der Waals surface area (Å²) in [5, 5.41) is 6.63. The summed E-state index contributed by atoms with van der Waals surface area (Å²) in [7, 11) is 1.75. The van der Waals surface area contributed by atoms with E-state index in [0.717, 1.165) is 0 Å². The lowest BCUT2D eigenvalue weighted by molar-refractivity contribution is -0.139. The third kappa shape index (κ3) is 3.79. The Labute approximate surface area is 123 Å². The Bertz CT molecular complexity index is 510. The van der Waals surface area contributed by atoms with Gasteiger partial charge in [0.1, 0.15) is 12.1 Å². The molecule has 8 nitrogen and oxygen atoms in total. The van der Waals surface area contributed by atoms with E-state index >= 15 is 0 Å². The minimum atomic E-state index is -0.835. The predicted molar refractivity (Wildman–Crippen MR) is 75.1 cm³/mol. The zero-order valence-electron chi connectivity index (χ0n) is 12.3. The van der Waals surface area contributed by atoms with Crippen molar-refractivity contribution in [1.29, 1.82) is 0 Å². The van der Waals surface area contributed by atoms with Crippen LogP contribution in [0.3, 0.4) is 0 Å². The quantitative estimate of drug-likeness (QED) is 0.725. The van der Waals surface area contributed by atoms with Gasteiger partial charge in [-0.25, -0.2) is 0 Å². The van der Waals surface area contributed by atoms with E-state index in [1.54, 1.807) is 35.9 Å². The first-order valence-electron chi connectivity index (χ1n) is 6.90. The van der Waals surface area contributed by atoms with E-state index in [4.69, 9.17) is 10.5 Å². The number of nitrogens with two attached hydrogens (primary N) is 1. The minimum absolute atomic E-state index is 0.120. The highest BCUT2D eigenvalue weighted by atomic mass is 16.5. The van der Waals surface area contributed by atoms with E-state index < -0.39 is 18.0 Å². The summed E-state index contributed by atoms with van der Waals surface area (Å²) in [6, 6.07) is -1.45. The van der Waals surface area contributed by atoms with Crippen LogP contribution in [0.15, 0.2) is 12.4 Å². The molecule has 116 valence electrons. The SMILES string of the molecule is CC(NC(=O)C(N)c1cnn(C)c1)C(=O)N1CCOCC1. The number of morpholine rings is 1. The van der Waals surface area contributed by atoms with Gasteiger partial charge in [-0.1, -0.05) is 0 Å². The lowest BCUT2D eigenvalue weighted by atomic mass is 10.1. The molecule has 1 aromatic heterocycles.